The monoisotopic (exact) mass is 318 g/mol. The van der Waals surface area contributed by atoms with Crippen LogP contribution in [0.5, 0.6) is 5.75 Å². The van der Waals surface area contributed by atoms with Crippen LogP contribution in [-0.2, 0) is 9.59 Å². The molecule has 2 aromatic carbocycles. The van der Waals surface area contributed by atoms with E-state index in [1.54, 1.807) is 24.3 Å². The van der Waals surface area contributed by atoms with Gasteiger partial charge in [-0.3, -0.25) is 9.59 Å². The van der Waals surface area contributed by atoms with Crippen LogP contribution < -0.4 is 15.4 Å². The summed E-state index contributed by atoms with van der Waals surface area (Å²) in [6.07, 6.45) is 0. The molecular weight excluding hydrogens is 306 g/mol. The van der Waals surface area contributed by atoms with Crippen molar-refractivity contribution in [2.75, 3.05) is 10.6 Å². The quantitative estimate of drug-likeness (QED) is 0.837. The van der Waals surface area contributed by atoms with Crippen LogP contribution in [0.1, 0.15) is 6.92 Å². The second kappa shape index (κ2) is 5.35. The van der Waals surface area contributed by atoms with E-state index in [1.807, 2.05) is 0 Å². The Balaban J connectivity index is 1.89. The molecule has 0 aromatic heterocycles. The molecule has 2 N–H and O–H groups in total. The Morgan fingerprint density at radius 2 is 1.96 bits per heavy atom. The molecule has 0 fully saturated rings. The van der Waals surface area contributed by atoms with Gasteiger partial charge in [0.05, 0.1) is 11.4 Å². The van der Waals surface area contributed by atoms with Gasteiger partial charge in [-0.15, -0.1) is 0 Å². The van der Waals surface area contributed by atoms with Gasteiger partial charge in [-0.05, 0) is 31.2 Å². The molecular formula is C16H12F2N2O3. The number of benzene rings is 2. The van der Waals surface area contributed by atoms with E-state index >= 15 is 0 Å². The van der Waals surface area contributed by atoms with Crippen LogP contribution in [0.3, 0.4) is 0 Å². The molecule has 2 aromatic rings. The Morgan fingerprint density at radius 1 is 1.22 bits per heavy atom. The van der Waals surface area contributed by atoms with Gasteiger partial charge in [0.1, 0.15) is 17.4 Å². The van der Waals surface area contributed by atoms with E-state index in [4.69, 9.17) is 4.74 Å². The first-order chi connectivity index (χ1) is 10.9. The fraction of sp³-hybridized carbons (Fsp3) is 0.125. The van der Waals surface area contributed by atoms with E-state index in [2.05, 4.69) is 10.6 Å². The summed E-state index contributed by atoms with van der Waals surface area (Å²) in [4.78, 5) is 24.6. The number of anilines is 2. The zero-order chi connectivity index (χ0) is 16.6. The lowest BCUT2D eigenvalue weighted by molar-refractivity contribution is -0.143. The third-order valence-corrected chi connectivity index (χ3v) is 3.49. The number of fused-ring (bicyclic) bond motifs is 1. The smallest absolute Gasteiger partial charge is 0.278 e. The van der Waals surface area contributed by atoms with Gasteiger partial charge in [-0.2, -0.15) is 0 Å². The minimum Gasteiger partial charge on any atom is -0.466 e. The van der Waals surface area contributed by atoms with E-state index in [9.17, 15) is 18.4 Å². The van der Waals surface area contributed by atoms with Crippen molar-refractivity contribution >= 4 is 23.2 Å². The number of rotatable bonds is 2. The normalized spacial score (nSPS) is 19.3. The van der Waals surface area contributed by atoms with Crippen molar-refractivity contribution in [2.24, 2.45) is 0 Å². The van der Waals surface area contributed by atoms with Gasteiger partial charge in [0.2, 0.25) is 0 Å². The van der Waals surface area contributed by atoms with E-state index < -0.39 is 29.0 Å². The number of hydrogen-bond acceptors (Lipinski definition) is 3. The maximum Gasteiger partial charge on any atom is 0.278 e. The summed E-state index contributed by atoms with van der Waals surface area (Å²) in [5, 5.41) is 4.73. The summed E-state index contributed by atoms with van der Waals surface area (Å²) < 4.78 is 32.3. The van der Waals surface area contributed by atoms with Crippen molar-refractivity contribution in [1.29, 1.82) is 0 Å². The van der Waals surface area contributed by atoms with E-state index in [1.165, 1.54) is 6.92 Å². The molecule has 1 unspecified atom stereocenters. The SMILES string of the molecule is CC1(C(=O)Nc2cc(F)ccc2F)Oc2ccccc2NC1=O. The van der Waals surface area contributed by atoms with Crippen LogP contribution in [0.15, 0.2) is 42.5 Å². The highest BCUT2D eigenvalue weighted by atomic mass is 19.1. The molecule has 1 heterocycles. The van der Waals surface area contributed by atoms with Crippen molar-refractivity contribution in [1.82, 2.24) is 0 Å². The first kappa shape index (κ1) is 15.0. The van der Waals surface area contributed by atoms with E-state index in [0.717, 1.165) is 18.2 Å². The maximum absolute atomic E-state index is 13.6. The highest BCUT2D eigenvalue weighted by Gasteiger charge is 2.47. The Morgan fingerprint density at radius 3 is 2.74 bits per heavy atom. The molecule has 0 radical (unpaired) electrons. The Kier molecular flexibility index (Phi) is 3.48. The van der Waals surface area contributed by atoms with Crippen LogP contribution in [0.2, 0.25) is 0 Å². The summed E-state index contributed by atoms with van der Waals surface area (Å²) in [6.45, 7) is 1.25. The van der Waals surface area contributed by atoms with Crippen molar-refractivity contribution < 1.29 is 23.1 Å². The number of carbonyl (C=O) groups is 2. The second-order valence-electron chi connectivity index (χ2n) is 5.16. The summed E-state index contributed by atoms with van der Waals surface area (Å²) in [6, 6.07) is 9.22. The van der Waals surface area contributed by atoms with Crippen molar-refractivity contribution in [3.63, 3.8) is 0 Å². The number of ether oxygens (including phenoxy) is 1. The molecule has 1 aliphatic heterocycles. The summed E-state index contributed by atoms with van der Waals surface area (Å²) >= 11 is 0. The van der Waals surface area contributed by atoms with Gasteiger partial charge in [0, 0.05) is 6.07 Å². The Hall–Kier alpha value is -2.96. The third kappa shape index (κ3) is 2.61. The lowest BCUT2D eigenvalue weighted by Gasteiger charge is -2.33. The van der Waals surface area contributed by atoms with Crippen LogP contribution in [0.4, 0.5) is 20.2 Å². The second-order valence-corrected chi connectivity index (χ2v) is 5.16. The van der Waals surface area contributed by atoms with Crippen molar-refractivity contribution in [3.05, 3.63) is 54.1 Å². The van der Waals surface area contributed by atoms with Crippen LogP contribution in [-0.4, -0.2) is 17.4 Å². The summed E-state index contributed by atoms with van der Waals surface area (Å²) in [7, 11) is 0. The molecule has 5 nitrogen and oxygen atoms in total. The van der Waals surface area contributed by atoms with Gasteiger partial charge in [-0.25, -0.2) is 8.78 Å². The van der Waals surface area contributed by atoms with Crippen LogP contribution in [0.25, 0.3) is 0 Å². The van der Waals surface area contributed by atoms with Gasteiger partial charge < -0.3 is 15.4 Å². The number of halogens is 2. The highest BCUT2D eigenvalue weighted by molar-refractivity contribution is 6.19. The highest BCUT2D eigenvalue weighted by Crippen LogP contribution is 2.34. The van der Waals surface area contributed by atoms with Gasteiger partial charge in [0.25, 0.3) is 17.4 Å². The minimum atomic E-state index is -1.91. The molecule has 0 bridgehead atoms. The standard InChI is InChI=1S/C16H12F2N2O3/c1-16(14(21)19-11-4-2-3-5-13(11)23-16)15(22)20-12-8-9(17)6-7-10(12)18/h2-8H,1H3,(H,19,21)(H,20,22). The summed E-state index contributed by atoms with van der Waals surface area (Å²) in [5.74, 6) is -2.84. The zero-order valence-corrected chi connectivity index (χ0v) is 12.0. The molecule has 2 amide bonds. The lowest BCUT2D eigenvalue weighted by Crippen LogP contribution is -2.56. The average Bonchev–Trinajstić information content (AvgIpc) is 2.52. The topological polar surface area (TPSA) is 67.4 Å². The lowest BCUT2D eigenvalue weighted by atomic mass is 10.0. The number of nitrogens with one attached hydrogen (secondary N) is 2. The first-order valence-electron chi connectivity index (χ1n) is 6.76. The molecule has 7 heteroatoms. The molecule has 0 aliphatic carbocycles. The molecule has 23 heavy (non-hydrogen) atoms. The molecule has 1 aliphatic rings. The first-order valence-corrected chi connectivity index (χ1v) is 6.76. The summed E-state index contributed by atoms with van der Waals surface area (Å²) in [5.41, 5.74) is -1.85. The van der Waals surface area contributed by atoms with Gasteiger partial charge in [0.15, 0.2) is 0 Å². The van der Waals surface area contributed by atoms with Crippen molar-refractivity contribution in [3.8, 4) is 5.75 Å². The van der Waals surface area contributed by atoms with E-state index in [-0.39, 0.29) is 5.69 Å². The fourth-order valence-corrected chi connectivity index (χ4v) is 2.15. The minimum absolute atomic E-state index is 0.310. The molecule has 118 valence electrons. The fourth-order valence-electron chi connectivity index (χ4n) is 2.15. The number of amides is 2. The van der Waals surface area contributed by atoms with Gasteiger partial charge >= 0.3 is 0 Å². The third-order valence-electron chi connectivity index (χ3n) is 3.49. The zero-order valence-electron chi connectivity index (χ0n) is 12.0. The number of para-hydroxylation sites is 2. The van der Waals surface area contributed by atoms with Crippen LogP contribution >= 0.6 is 0 Å². The van der Waals surface area contributed by atoms with E-state index in [0.29, 0.717) is 11.4 Å². The molecule has 0 spiro atoms. The predicted molar refractivity (Wildman–Crippen MR) is 79.1 cm³/mol. The Labute approximate surface area is 130 Å². The maximum atomic E-state index is 13.6. The number of carbonyl (C=O) groups excluding carboxylic acids is 2. The average molecular weight is 318 g/mol. The Bertz CT molecular complexity index is 810. The predicted octanol–water partition coefficient (Wildman–Crippen LogP) is 2.69. The van der Waals surface area contributed by atoms with Crippen molar-refractivity contribution in [2.45, 2.75) is 12.5 Å². The number of hydrogen-bond donors (Lipinski definition) is 2. The van der Waals surface area contributed by atoms with Crippen LogP contribution in [0, 0.1) is 11.6 Å². The molecule has 0 saturated carbocycles. The van der Waals surface area contributed by atoms with Gasteiger partial charge in [-0.1, -0.05) is 12.1 Å². The largest absolute Gasteiger partial charge is 0.466 e. The molecule has 1 atom stereocenters. The molecule has 0 saturated heterocycles. The molecule has 3 rings (SSSR count).